The average Bonchev–Trinajstić information content (AvgIpc) is 2.48. The van der Waals surface area contributed by atoms with E-state index in [4.69, 9.17) is 5.73 Å². The Labute approximate surface area is 87.5 Å². The number of nitrogen functional groups attached to an aromatic ring is 1. The second kappa shape index (κ2) is 3.12. The van der Waals surface area contributed by atoms with Crippen molar-refractivity contribution in [3.63, 3.8) is 0 Å². The minimum atomic E-state index is 0.591. The van der Waals surface area contributed by atoms with Crippen molar-refractivity contribution in [3.05, 3.63) is 17.1 Å². The summed E-state index contributed by atoms with van der Waals surface area (Å²) in [5.74, 6) is 4.32. The maximum atomic E-state index is 5.92. The Balaban J connectivity index is 2.02. The van der Waals surface area contributed by atoms with E-state index >= 15 is 0 Å². The fourth-order valence-corrected chi connectivity index (χ4v) is 3.00. The van der Waals surface area contributed by atoms with Gasteiger partial charge in [0.05, 0.1) is 5.69 Å². The smallest absolute Gasteiger partial charge is 0.134 e. The zero-order chi connectivity index (χ0) is 9.54. The molecule has 4 heteroatoms. The molecule has 2 heterocycles. The second-order valence-corrected chi connectivity index (χ2v) is 5.00. The highest BCUT2D eigenvalue weighted by Crippen LogP contribution is 2.37. The van der Waals surface area contributed by atoms with Crippen molar-refractivity contribution in [3.8, 4) is 0 Å². The van der Waals surface area contributed by atoms with Crippen LogP contribution >= 0.6 is 11.8 Å². The van der Waals surface area contributed by atoms with Crippen LogP contribution in [0.5, 0.6) is 0 Å². The lowest BCUT2D eigenvalue weighted by atomic mass is 9.85. The van der Waals surface area contributed by atoms with Gasteiger partial charge >= 0.3 is 0 Å². The van der Waals surface area contributed by atoms with Crippen molar-refractivity contribution in [1.82, 2.24) is 9.97 Å². The van der Waals surface area contributed by atoms with Gasteiger partial charge < -0.3 is 5.73 Å². The van der Waals surface area contributed by atoms with Gasteiger partial charge in [-0.2, -0.15) is 11.8 Å². The van der Waals surface area contributed by atoms with E-state index < -0.39 is 0 Å². The number of nitrogens with two attached hydrogens (primary N) is 1. The highest BCUT2D eigenvalue weighted by molar-refractivity contribution is 7.98. The van der Waals surface area contributed by atoms with E-state index in [0.717, 1.165) is 23.1 Å². The maximum absolute atomic E-state index is 5.92. The van der Waals surface area contributed by atoms with E-state index in [-0.39, 0.29) is 0 Å². The van der Waals surface area contributed by atoms with Gasteiger partial charge in [0.2, 0.25) is 0 Å². The quantitative estimate of drug-likeness (QED) is 0.766. The standard InChI is InChI=1S/C10H13N3S/c11-9-7-4-14-5-8(7)12-10(13-9)6-2-1-3-6/h6H,1-5H2,(H2,11,12,13). The molecular weight excluding hydrogens is 194 g/mol. The van der Waals surface area contributed by atoms with Gasteiger partial charge in [0.15, 0.2) is 0 Å². The lowest BCUT2D eigenvalue weighted by Gasteiger charge is -2.24. The van der Waals surface area contributed by atoms with Crippen LogP contribution in [-0.2, 0) is 11.5 Å². The van der Waals surface area contributed by atoms with Gasteiger partial charge in [-0.15, -0.1) is 0 Å². The van der Waals surface area contributed by atoms with Crippen molar-refractivity contribution >= 4 is 17.6 Å². The molecule has 74 valence electrons. The van der Waals surface area contributed by atoms with Gasteiger partial charge in [0.25, 0.3) is 0 Å². The number of thioether (sulfide) groups is 1. The van der Waals surface area contributed by atoms with Crippen molar-refractivity contribution in [2.45, 2.75) is 36.7 Å². The molecule has 3 rings (SSSR count). The SMILES string of the molecule is Nc1nc(C2CCC2)nc2c1CSC2. The number of anilines is 1. The highest BCUT2D eigenvalue weighted by Gasteiger charge is 2.25. The van der Waals surface area contributed by atoms with Crippen molar-refractivity contribution in [2.24, 2.45) is 0 Å². The monoisotopic (exact) mass is 207 g/mol. The van der Waals surface area contributed by atoms with Gasteiger partial charge in [-0.3, -0.25) is 0 Å². The largest absolute Gasteiger partial charge is 0.383 e. The molecule has 2 N–H and O–H groups in total. The molecule has 1 aromatic rings. The minimum Gasteiger partial charge on any atom is -0.383 e. The number of fused-ring (bicyclic) bond motifs is 1. The number of hydrogen-bond donors (Lipinski definition) is 1. The molecule has 0 spiro atoms. The molecule has 0 saturated heterocycles. The first-order chi connectivity index (χ1) is 6.84. The molecular formula is C10H13N3S. The lowest BCUT2D eigenvalue weighted by Crippen LogP contribution is -2.15. The first kappa shape index (κ1) is 8.53. The zero-order valence-electron chi connectivity index (χ0n) is 7.99. The molecule has 1 aliphatic carbocycles. The Hall–Kier alpha value is -0.770. The van der Waals surface area contributed by atoms with Gasteiger partial charge in [0.1, 0.15) is 11.6 Å². The molecule has 1 aromatic heterocycles. The number of nitrogens with zero attached hydrogens (tertiary/aromatic N) is 2. The van der Waals surface area contributed by atoms with Gasteiger partial charge in [0, 0.05) is 23.0 Å². The third-order valence-electron chi connectivity index (χ3n) is 3.10. The summed E-state index contributed by atoms with van der Waals surface area (Å²) in [6.45, 7) is 0. The molecule has 3 nitrogen and oxygen atoms in total. The van der Waals surface area contributed by atoms with Crippen LogP contribution in [0.25, 0.3) is 0 Å². The molecule has 0 bridgehead atoms. The molecule has 0 radical (unpaired) electrons. The fourth-order valence-electron chi connectivity index (χ4n) is 1.94. The predicted molar refractivity (Wildman–Crippen MR) is 58.0 cm³/mol. The highest BCUT2D eigenvalue weighted by atomic mass is 32.2. The van der Waals surface area contributed by atoms with Crippen LogP contribution in [0, 0.1) is 0 Å². The van der Waals surface area contributed by atoms with E-state index in [1.807, 2.05) is 11.8 Å². The third kappa shape index (κ3) is 1.21. The molecule has 14 heavy (non-hydrogen) atoms. The van der Waals surface area contributed by atoms with Crippen LogP contribution in [0.3, 0.4) is 0 Å². The summed E-state index contributed by atoms with van der Waals surface area (Å²) in [5.41, 5.74) is 8.29. The normalized spacial score (nSPS) is 20.6. The molecule has 0 atom stereocenters. The van der Waals surface area contributed by atoms with E-state index in [1.54, 1.807) is 0 Å². The van der Waals surface area contributed by atoms with Gasteiger partial charge in [-0.1, -0.05) is 6.42 Å². The van der Waals surface area contributed by atoms with Crippen LogP contribution in [0.2, 0.25) is 0 Å². The van der Waals surface area contributed by atoms with Crippen LogP contribution in [-0.4, -0.2) is 9.97 Å². The maximum Gasteiger partial charge on any atom is 0.134 e. The average molecular weight is 207 g/mol. The first-order valence-corrected chi connectivity index (χ1v) is 6.23. The van der Waals surface area contributed by atoms with Crippen molar-refractivity contribution in [1.29, 1.82) is 0 Å². The zero-order valence-corrected chi connectivity index (χ0v) is 8.81. The van der Waals surface area contributed by atoms with E-state index in [0.29, 0.717) is 5.92 Å². The molecule has 1 fully saturated rings. The summed E-state index contributed by atoms with van der Waals surface area (Å²) < 4.78 is 0. The summed E-state index contributed by atoms with van der Waals surface area (Å²) in [4.78, 5) is 9.04. The summed E-state index contributed by atoms with van der Waals surface area (Å²) in [6, 6.07) is 0. The van der Waals surface area contributed by atoms with Crippen LogP contribution in [0.15, 0.2) is 0 Å². The number of rotatable bonds is 1. The Kier molecular flexibility index (Phi) is 1.90. The minimum absolute atomic E-state index is 0.591. The molecule has 0 unspecified atom stereocenters. The Morgan fingerprint density at radius 2 is 2.07 bits per heavy atom. The van der Waals surface area contributed by atoms with E-state index in [1.165, 1.54) is 30.5 Å². The fraction of sp³-hybridized carbons (Fsp3) is 0.600. The van der Waals surface area contributed by atoms with Crippen molar-refractivity contribution < 1.29 is 0 Å². The number of hydrogen-bond acceptors (Lipinski definition) is 4. The molecule has 1 aliphatic heterocycles. The summed E-state index contributed by atoms with van der Waals surface area (Å²) >= 11 is 1.88. The molecule has 0 aromatic carbocycles. The molecule has 0 amide bonds. The van der Waals surface area contributed by atoms with Crippen LogP contribution < -0.4 is 5.73 Å². The Morgan fingerprint density at radius 3 is 2.79 bits per heavy atom. The topological polar surface area (TPSA) is 51.8 Å². The molecule has 1 saturated carbocycles. The van der Waals surface area contributed by atoms with Crippen LogP contribution in [0.1, 0.15) is 42.3 Å². The third-order valence-corrected chi connectivity index (χ3v) is 4.07. The second-order valence-electron chi connectivity index (χ2n) is 4.01. The summed E-state index contributed by atoms with van der Waals surface area (Å²) in [6.07, 6.45) is 3.80. The summed E-state index contributed by atoms with van der Waals surface area (Å²) in [5, 5.41) is 0. The first-order valence-electron chi connectivity index (χ1n) is 5.07. The van der Waals surface area contributed by atoms with Crippen LogP contribution in [0.4, 0.5) is 5.82 Å². The Morgan fingerprint density at radius 1 is 1.21 bits per heavy atom. The van der Waals surface area contributed by atoms with E-state index in [9.17, 15) is 0 Å². The number of aromatic nitrogens is 2. The summed E-state index contributed by atoms with van der Waals surface area (Å²) in [7, 11) is 0. The lowest BCUT2D eigenvalue weighted by molar-refractivity contribution is 0.401. The Bertz CT molecular complexity index is 374. The van der Waals surface area contributed by atoms with E-state index in [2.05, 4.69) is 9.97 Å². The van der Waals surface area contributed by atoms with Crippen molar-refractivity contribution in [2.75, 3.05) is 5.73 Å². The predicted octanol–water partition coefficient (Wildman–Crippen LogP) is 2.07. The van der Waals surface area contributed by atoms with Gasteiger partial charge in [-0.25, -0.2) is 9.97 Å². The molecule has 2 aliphatic rings. The van der Waals surface area contributed by atoms with Gasteiger partial charge in [-0.05, 0) is 12.8 Å².